The molecule has 0 spiro atoms. The van der Waals surface area contributed by atoms with Gasteiger partial charge in [-0.15, -0.1) is 0 Å². The van der Waals surface area contributed by atoms with Crippen LogP contribution in [0.15, 0.2) is 43.0 Å². The van der Waals surface area contributed by atoms with Gasteiger partial charge in [-0.25, -0.2) is 14.6 Å². The highest BCUT2D eigenvalue weighted by Crippen LogP contribution is 2.20. The summed E-state index contributed by atoms with van der Waals surface area (Å²) in [5.74, 6) is -0.413. The predicted octanol–water partition coefficient (Wildman–Crippen LogP) is 3.73. The van der Waals surface area contributed by atoms with E-state index < -0.39 is 35.3 Å². The van der Waals surface area contributed by atoms with Crippen molar-refractivity contribution in [1.82, 2.24) is 19.4 Å². The molecule has 10 heteroatoms. The first-order chi connectivity index (χ1) is 16.3. The summed E-state index contributed by atoms with van der Waals surface area (Å²) in [4.78, 5) is 45.8. The Morgan fingerprint density at radius 2 is 1.71 bits per heavy atom. The molecule has 10 nitrogen and oxygen atoms in total. The second-order valence-electron chi connectivity index (χ2n) is 10.5. The van der Waals surface area contributed by atoms with Crippen molar-refractivity contribution in [2.24, 2.45) is 0 Å². The van der Waals surface area contributed by atoms with Crippen LogP contribution in [0.25, 0.3) is 0 Å². The first-order valence-electron chi connectivity index (χ1n) is 11.6. The number of benzene rings is 1. The summed E-state index contributed by atoms with van der Waals surface area (Å²) >= 11 is 0. The van der Waals surface area contributed by atoms with Gasteiger partial charge in [0.15, 0.2) is 0 Å². The monoisotopic (exact) mass is 485 g/mol. The van der Waals surface area contributed by atoms with Gasteiger partial charge < -0.3 is 24.3 Å². The van der Waals surface area contributed by atoms with E-state index in [0.717, 1.165) is 5.56 Å². The molecule has 35 heavy (non-hydrogen) atoms. The lowest BCUT2D eigenvalue weighted by Gasteiger charge is -2.41. The lowest BCUT2D eigenvalue weighted by atomic mass is 10.1. The highest BCUT2D eigenvalue weighted by molar-refractivity contribution is 5.97. The molecule has 190 valence electrons. The summed E-state index contributed by atoms with van der Waals surface area (Å²) in [5.41, 5.74) is 0.171. The van der Waals surface area contributed by atoms with E-state index in [1.807, 2.05) is 29.0 Å². The fraction of sp³-hybridized carbons (Fsp3) is 0.520. The van der Waals surface area contributed by atoms with Crippen molar-refractivity contribution < 1.29 is 23.9 Å². The number of imidazole rings is 1. The standard InChI is InChI=1S/C25H35N5O5/c1-24(2,3)34-22(32)29-12-13-30(23(33)35-25(4,5)6)20(16-29)21(31)27-19-9-7-8-18(14-19)15-28-11-10-26-17-28/h7-11,14,17,20H,12-13,15-16H2,1-6H3,(H,27,31)/t20-/m1/s1. The summed E-state index contributed by atoms with van der Waals surface area (Å²) in [6, 6.07) is 6.50. The fourth-order valence-corrected chi connectivity index (χ4v) is 3.60. The largest absolute Gasteiger partial charge is 0.444 e. The van der Waals surface area contributed by atoms with Gasteiger partial charge in [0, 0.05) is 37.7 Å². The Balaban J connectivity index is 1.77. The van der Waals surface area contributed by atoms with Crippen LogP contribution in [-0.2, 0) is 20.8 Å². The first-order valence-corrected chi connectivity index (χ1v) is 11.6. The molecule has 3 amide bonds. The van der Waals surface area contributed by atoms with Gasteiger partial charge in [-0.2, -0.15) is 0 Å². The first kappa shape index (κ1) is 26.1. The Kier molecular flexibility index (Phi) is 7.72. The average molecular weight is 486 g/mol. The van der Waals surface area contributed by atoms with Crippen LogP contribution in [0.3, 0.4) is 0 Å². The molecule has 0 saturated carbocycles. The van der Waals surface area contributed by atoms with Gasteiger partial charge in [-0.05, 0) is 59.2 Å². The predicted molar refractivity (Wildman–Crippen MR) is 131 cm³/mol. The summed E-state index contributed by atoms with van der Waals surface area (Å²) in [7, 11) is 0. The van der Waals surface area contributed by atoms with Crippen LogP contribution in [0, 0.1) is 0 Å². The van der Waals surface area contributed by atoms with Crippen molar-refractivity contribution in [2.75, 3.05) is 25.0 Å². The lowest BCUT2D eigenvalue weighted by molar-refractivity contribution is -0.123. The Morgan fingerprint density at radius 1 is 1.03 bits per heavy atom. The van der Waals surface area contributed by atoms with Crippen molar-refractivity contribution in [3.63, 3.8) is 0 Å². The van der Waals surface area contributed by atoms with Gasteiger partial charge >= 0.3 is 12.2 Å². The van der Waals surface area contributed by atoms with Crippen molar-refractivity contribution in [3.8, 4) is 0 Å². The molecule has 1 atom stereocenters. The third kappa shape index (κ3) is 7.73. The van der Waals surface area contributed by atoms with Gasteiger partial charge in [0.25, 0.3) is 0 Å². The van der Waals surface area contributed by atoms with E-state index in [4.69, 9.17) is 9.47 Å². The number of nitrogens with zero attached hydrogens (tertiary/aromatic N) is 4. The Hall–Kier alpha value is -3.56. The SMILES string of the molecule is CC(C)(C)OC(=O)N1CCN(C(=O)OC(C)(C)C)[C@@H](C(=O)Nc2cccc(Cn3ccnc3)c2)C1. The topological polar surface area (TPSA) is 106 Å². The van der Waals surface area contributed by atoms with E-state index in [0.29, 0.717) is 12.2 Å². The van der Waals surface area contributed by atoms with Gasteiger partial charge in [0.2, 0.25) is 5.91 Å². The van der Waals surface area contributed by atoms with Crippen LogP contribution in [0.5, 0.6) is 0 Å². The van der Waals surface area contributed by atoms with E-state index in [2.05, 4.69) is 10.3 Å². The van der Waals surface area contributed by atoms with E-state index in [1.54, 1.807) is 60.1 Å². The number of amides is 3. The molecule has 1 aliphatic rings. The molecule has 1 saturated heterocycles. The molecular formula is C25H35N5O5. The minimum Gasteiger partial charge on any atom is -0.444 e. The molecule has 2 heterocycles. The molecule has 1 aromatic carbocycles. The Labute approximate surface area is 206 Å². The van der Waals surface area contributed by atoms with E-state index >= 15 is 0 Å². The molecule has 0 unspecified atom stereocenters. The summed E-state index contributed by atoms with van der Waals surface area (Å²) < 4.78 is 12.9. The number of hydrogen-bond donors (Lipinski definition) is 1. The van der Waals surface area contributed by atoms with Crippen LogP contribution < -0.4 is 5.32 Å². The molecule has 1 N–H and O–H groups in total. The maximum atomic E-state index is 13.4. The number of piperazine rings is 1. The van der Waals surface area contributed by atoms with Crippen LogP contribution in [-0.4, -0.2) is 74.3 Å². The van der Waals surface area contributed by atoms with Crippen molar-refractivity contribution in [3.05, 3.63) is 48.5 Å². The van der Waals surface area contributed by atoms with Crippen LogP contribution in [0.2, 0.25) is 0 Å². The molecule has 1 aromatic heterocycles. The van der Waals surface area contributed by atoms with Crippen molar-refractivity contribution in [1.29, 1.82) is 0 Å². The number of rotatable bonds is 4. The van der Waals surface area contributed by atoms with Crippen LogP contribution >= 0.6 is 0 Å². The quantitative estimate of drug-likeness (QED) is 0.707. The minimum atomic E-state index is -0.941. The number of aromatic nitrogens is 2. The molecule has 0 radical (unpaired) electrons. The van der Waals surface area contributed by atoms with E-state index in [-0.39, 0.29) is 19.6 Å². The second-order valence-corrected chi connectivity index (χ2v) is 10.5. The smallest absolute Gasteiger partial charge is 0.411 e. The number of anilines is 1. The van der Waals surface area contributed by atoms with Gasteiger partial charge in [0.05, 0.1) is 12.9 Å². The van der Waals surface area contributed by atoms with Gasteiger partial charge in [-0.3, -0.25) is 9.69 Å². The highest BCUT2D eigenvalue weighted by Gasteiger charge is 2.40. The number of carbonyl (C=O) groups is 3. The second kappa shape index (κ2) is 10.4. The number of hydrogen-bond acceptors (Lipinski definition) is 6. The average Bonchev–Trinajstić information content (AvgIpc) is 3.24. The minimum absolute atomic E-state index is 0.00524. The molecule has 1 fully saturated rings. The molecule has 0 aliphatic carbocycles. The van der Waals surface area contributed by atoms with E-state index in [9.17, 15) is 14.4 Å². The molecule has 0 bridgehead atoms. The number of ether oxygens (including phenoxy) is 2. The highest BCUT2D eigenvalue weighted by atomic mass is 16.6. The Bertz CT molecular complexity index is 1040. The van der Waals surface area contributed by atoms with Crippen molar-refractivity contribution in [2.45, 2.75) is 65.3 Å². The molecule has 3 rings (SSSR count). The van der Waals surface area contributed by atoms with Crippen LogP contribution in [0.4, 0.5) is 15.3 Å². The van der Waals surface area contributed by atoms with Crippen molar-refractivity contribution >= 4 is 23.8 Å². The molecule has 2 aromatic rings. The number of carbonyl (C=O) groups excluding carboxylic acids is 3. The fourth-order valence-electron chi connectivity index (χ4n) is 3.60. The van der Waals surface area contributed by atoms with E-state index in [1.165, 1.54) is 9.80 Å². The zero-order valence-electron chi connectivity index (χ0n) is 21.3. The normalized spacial score (nSPS) is 16.6. The van der Waals surface area contributed by atoms with Gasteiger partial charge in [-0.1, -0.05) is 12.1 Å². The van der Waals surface area contributed by atoms with Gasteiger partial charge in [0.1, 0.15) is 17.2 Å². The Morgan fingerprint density at radius 3 is 2.34 bits per heavy atom. The zero-order valence-corrected chi connectivity index (χ0v) is 21.3. The third-order valence-corrected chi connectivity index (χ3v) is 5.08. The maximum absolute atomic E-state index is 13.4. The van der Waals surface area contributed by atoms with Crippen LogP contribution in [0.1, 0.15) is 47.1 Å². The number of nitrogens with one attached hydrogen (secondary N) is 1. The maximum Gasteiger partial charge on any atom is 0.411 e. The summed E-state index contributed by atoms with van der Waals surface area (Å²) in [5, 5.41) is 2.90. The summed E-state index contributed by atoms with van der Waals surface area (Å²) in [6.45, 7) is 11.6. The third-order valence-electron chi connectivity index (χ3n) is 5.08. The lowest BCUT2D eigenvalue weighted by Crippen LogP contribution is -2.61. The zero-order chi connectivity index (χ0) is 25.8. The molecular weight excluding hydrogens is 450 g/mol. The molecule has 1 aliphatic heterocycles. The summed E-state index contributed by atoms with van der Waals surface area (Å²) in [6.07, 6.45) is 4.15.